The molecule has 0 aliphatic heterocycles. The molecule has 1 N–H and O–H groups in total. The van der Waals surface area contributed by atoms with Crippen molar-refractivity contribution < 1.29 is 0 Å². The van der Waals surface area contributed by atoms with Crippen LogP contribution in [0.1, 0.15) is 22.9 Å². The lowest BCUT2D eigenvalue weighted by Crippen LogP contribution is -2.17. The molecule has 1 aromatic carbocycles. The van der Waals surface area contributed by atoms with Crippen LogP contribution in [0, 0.1) is 13.8 Å². The summed E-state index contributed by atoms with van der Waals surface area (Å²) in [6.07, 6.45) is 0. The van der Waals surface area contributed by atoms with E-state index in [4.69, 9.17) is 0 Å². The second kappa shape index (κ2) is 6.38. The van der Waals surface area contributed by atoms with Gasteiger partial charge in [-0.1, -0.05) is 30.3 Å². The van der Waals surface area contributed by atoms with Crippen LogP contribution in [-0.4, -0.2) is 19.3 Å². The maximum absolute atomic E-state index is 4.60. The molecule has 0 amide bonds. The minimum absolute atomic E-state index is 0.747. The molecule has 0 unspecified atom stereocenters. The number of benzene rings is 1. The van der Waals surface area contributed by atoms with Gasteiger partial charge in [-0.05, 0) is 19.9 Å². The topological polar surface area (TPSA) is 47.7 Å². The summed E-state index contributed by atoms with van der Waals surface area (Å²) in [5, 5.41) is 8.06. The highest BCUT2D eigenvalue weighted by molar-refractivity contribution is 5.59. The Labute approximate surface area is 137 Å². The molecule has 0 radical (unpaired) electrons. The summed E-state index contributed by atoms with van der Waals surface area (Å²) in [5.74, 6) is 1.06. The first-order valence-corrected chi connectivity index (χ1v) is 7.84. The Morgan fingerprint density at radius 3 is 2.43 bits per heavy atom. The lowest BCUT2D eigenvalue weighted by molar-refractivity contribution is 0.598. The highest BCUT2D eigenvalue weighted by Crippen LogP contribution is 2.18. The Hall–Kier alpha value is -2.40. The molecule has 5 nitrogen and oxygen atoms in total. The van der Waals surface area contributed by atoms with E-state index in [1.54, 1.807) is 0 Å². The van der Waals surface area contributed by atoms with E-state index < -0.39 is 0 Å². The molecule has 2 heterocycles. The molecule has 0 saturated carbocycles. The van der Waals surface area contributed by atoms with E-state index in [9.17, 15) is 0 Å². The average Bonchev–Trinajstić information content (AvgIpc) is 3.04. The van der Waals surface area contributed by atoms with Gasteiger partial charge >= 0.3 is 0 Å². The Bertz CT molecular complexity index is 798. The third-order valence-electron chi connectivity index (χ3n) is 4.35. The summed E-state index contributed by atoms with van der Waals surface area (Å²) < 4.78 is 4.07. The Kier molecular flexibility index (Phi) is 4.30. The van der Waals surface area contributed by atoms with Gasteiger partial charge in [0.1, 0.15) is 5.82 Å². The van der Waals surface area contributed by atoms with E-state index in [-0.39, 0.29) is 0 Å². The number of hydrogen-bond donors (Lipinski definition) is 1. The normalized spacial score (nSPS) is 11.1. The summed E-state index contributed by atoms with van der Waals surface area (Å²) >= 11 is 0. The Morgan fingerprint density at radius 1 is 1.04 bits per heavy atom. The van der Waals surface area contributed by atoms with Gasteiger partial charge in [-0.3, -0.25) is 4.68 Å². The molecule has 0 aliphatic carbocycles. The molecule has 3 aromatic rings. The van der Waals surface area contributed by atoms with Crippen molar-refractivity contribution in [2.24, 2.45) is 14.1 Å². The van der Waals surface area contributed by atoms with Gasteiger partial charge in [0.2, 0.25) is 0 Å². The molecular formula is C18H23N5. The Balaban J connectivity index is 1.67. The van der Waals surface area contributed by atoms with Crippen LogP contribution in [0.4, 0.5) is 0 Å². The fourth-order valence-corrected chi connectivity index (χ4v) is 2.67. The van der Waals surface area contributed by atoms with Crippen molar-refractivity contribution in [1.29, 1.82) is 0 Å². The molecule has 0 atom stereocenters. The van der Waals surface area contributed by atoms with Crippen molar-refractivity contribution in [3.05, 3.63) is 59.3 Å². The van der Waals surface area contributed by atoms with Gasteiger partial charge in [-0.2, -0.15) is 5.10 Å². The van der Waals surface area contributed by atoms with Gasteiger partial charge in [0, 0.05) is 31.9 Å². The van der Waals surface area contributed by atoms with Crippen molar-refractivity contribution in [3.8, 4) is 11.3 Å². The fourth-order valence-electron chi connectivity index (χ4n) is 2.67. The molecular weight excluding hydrogens is 286 g/mol. The third kappa shape index (κ3) is 3.19. The van der Waals surface area contributed by atoms with Crippen LogP contribution in [0.3, 0.4) is 0 Å². The van der Waals surface area contributed by atoms with Crippen molar-refractivity contribution in [3.63, 3.8) is 0 Å². The molecule has 0 fully saturated rings. The minimum Gasteiger partial charge on any atom is -0.334 e. The summed E-state index contributed by atoms with van der Waals surface area (Å²) in [4.78, 5) is 4.59. The number of nitrogens with zero attached hydrogens (tertiary/aromatic N) is 4. The predicted octanol–water partition coefficient (Wildman–Crippen LogP) is 2.73. The molecule has 120 valence electrons. The first kappa shape index (κ1) is 15.5. The van der Waals surface area contributed by atoms with Crippen LogP contribution in [-0.2, 0) is 27.2 Å². The summed E-state index contributed by atoms with van der Waals surface area (Å²) in [5.41, 5.74) is 5.62. The van der Waals surface area contributed by atoms with Crippen molar-refractivity contribution in [2.45, 2.75) is 26.9 Å². The van der Waals surface area contributed by atoms with Crippen LogP contribution >= 0.6 is 0 Å². The van der Waals surface area contributed by atoms with Crippen LogP contribution in [0.5, 0.6) is 0 Å². The number of aromatic nitrogens is 4. The number of nitrogens with one attached hydrogen (secondary N) is 1. The van der Waals surface area contributed by atoms with Gasteiger partial charge in [-0.25, -0.2) is 4.98 Å². The first-order chi connectivity index (χ1) is 11.1. The van der Waals surface area contributed by atoms with E-state index >= 15 is 0 Å². The van der Waals surface area contributed by atoms with E-state index in [0.717, 1.165) is 41.6 Å². The zero-order valence-electron chi connectivity index (χ0n) is 14.2. The van der Waals surface area contributed by atoms with E-state index in [2.05, 4.69) is 52.1 Å². The largest absolute Gasteiger partial charge is 0.334 e. The standard InChI is InChI=1S/C18H23N5/c1-13-14(2)22(3)18(20-13)12-19-11-16-10-17(21-23(16)4)15-8-6-5-7-9-15/h5-10,19H,11-12H2,1-4H3. The van der Waals surface area contributed by atoms with Crippen molar-refractivity contribution >= 4 is 0 Å². The molecule has 3 rings (SSSR count). The predicted molar refractivity (Wildman–Crippen MR) is 91.9 cm³/mol. The zero-order chi connectivity index (χ0) is 16.4. The van der Waals surface area contributed by atoms with Gasteiger partial charge in [0.15, 0.2) is 0 Å². The number of aryl methyl sites for hydroxylation is 2. The molecule has 5 heteroatoms. The Morgan fingerprint density at radius 2 is 1.78 bits per heavy atom. The molecule has 2 aromatic heterocycles. The second-order valence-electron chi connectivity index (χ2n) is 5.87. The molecule has 0 spiro atoms. The monoisotopic (exact) mass is 309 g/mol. The number of hydrogen-bond acceptors (Lipinski definition) is 3. The van der Waals surface area contributed by atoms with Crippen LogP contribution in [0.25, 0.3) is 11.3 Å². The summed E-state index contributed by atoms with van der Waals surface area (Å²) in [6, 6.07) is 12.4. The molecule has 23 heavy (non-hydrogen) atoms. The van der Waals surface area contributed by atoms with Crippen LogP contribution in [0.15, 0.2) is 36.4 Å². The van der Waals surface area contributed by atoms with Gasteiger partial charge in [0.25, 0.3) is 0 Å². The van der Waals surface area contributed by atoms with Gasteiger partial charge in [-0.15, -0.1) is 0 Å². The van der Waals surface area contributed by atoms with Crippen LogP contribution in [0.2, 0.25) is 0 Å². The smallest absolute Gasteiger partial charge is 0.122 e. The third-order valence-corrected chi connectivity index (χ3v) is 4.35. The highest BCUT2D eigenvalue weighted by atomic mass is 15.3. The molecule has 0 bridgehead atoms. The highest BCUT2D eigenvalue weighted by Gasteiger charge is 2.09. The maximum Gasteiger partial charge on any atom is 0.122 e. The molecule has 0 aliphatic rings. The zero-order valence-corrected chi connectivity index (χ0v) is 14.2. The van der Waals surface area contributed by atoms with E-state index in [1.165, 1.54) is 5.69 Å². The second-order valence-corrected chi connectivity index (χ2v) is 5.87. The van der Waals surface area contributed by atoms with Crippen molar-refractivity contribution in [2.75, 3.05) is 0 Å². The SMILES string of the molecule is Cc1nc(CNCc2cc(-c3ccccc3)nn2C)n(C)c1C. The fraction of sp³-hybridized carbons (Fsp3) is 0.333. The molecule has 0 saturated heterocycles. The van der Waals surface area contributed by atoms with Crippen LogP contribution < -0.4 is 5.32 Å². The van der Waals surface area contributed by atoms with Gasteiger partial charge < -0.3 is 9.88 Å². The average molecular weight is 309 g/mol. The number of imidazole rings is 1. The first-order valence-electron chi connectivity index (χ1n) is 7.84. The number of rotatable bonds is 5. The quantitative estimate of drug-likeness (QED) is 0.788. The summed E-state index contributed by atoms with van der Waals surface area (Å²) in [7, 11) is 4.04. The van der Waals surface area contributed by atoms with Gasteiger partial charge in [0.05, 0.1) is 23.6 Å². The minimum atomic E-state index is 0.747. The van der Waals surface area contributed by atoms with E-state index in [1.807, 2.05) is 36.9 Å². The van der Waals surface area contributed by atoms with Crippen molar-refractivity contribution in [1.82, 2.24) is 24.6 Å². The summed E-state index contributed by atoms with van der Waals surface area (Å²) in [6.45, 7) is 5.66. The lowest BCUT2D eigenvalue weighted by atomic mass is 10.1. The lowest BCUT2D eigenvalue weighted by Gasteiger charge is -2.06. The van der Waals surface area contributed by atoms with E-state index in [0.29, 0.717) is 0 Å². The maximum atomic E-state index is 4.60.